The molecule has 2 nitrogen and oxygen atoms in total. The van der Waals surface area contributed by atoms with E-state index in [-0.39, 0.29) is 5.82 Å². The van der Waals surface area contributed by atoms with Crippen molar-refractivity contribution >= 4 is 0 Å². The summed E-state index contributed by atoms with van der Waals surface area (Å²) in [5.41, 5.74) is 1.52. The molecule has 15 heavy (non-hydrogen) atoms. The molecule has 1 unspecified atom stereocenters. The van der Waals surface area contributed by atoms with Crippen molar-refractivity contribution in [2.24, 2.45) is 0 Å². The summed E-state index contributed by atoms with van der Waals surface area (Å²) in [7, 11) is 0. The number of aryl methyl sites for hydroxylation is 1. The van der Waals surface area contributed by atoms with Gasteiger partial charge in [-0.05, 0) is 18.6 Å². The molecule has 2 rings (SSSR count). The van der Waals surface area contributed by atoms with Crippen LogP contribution in [0.25, 0.3) is 0 Å². The predicted octanol–water partition coefficient (Wildman–Crippen LogP) is 2.54. The topological polar surface area (TPSA) is 36.0 Å². The van der Waals surface area contributed by atoms with E-state index in [0.29, 0.717) is 16.7 Å². The summed E-state index contributed by atoms with van der Waals surface area (Å²) in [6.07, 6.45) is 2.45. The van der Waals surface area contributed by atoms with E-state index in [2.05, 4.69) is 4.98 Å². The number of H-pyrrole nitrogens is 1. The summed E-state index contributed by atoms with van der Waals surface area (Å²) in [4.78, 5) is 2.83. The highest BCUT2D eigenvalue weighted by molar-refractivity contribution is 5.32. The summed E-state index contributed by atoms with van der Waals surface area (Å²) < 4.78 is 13.7. The summed E-state index contributed by atoms with van der Waals surface area (Å²) >= 11 is 0. The third-order valence-corrected chi connectivity index (χ3v) is 2.45. The zero-order chi connectivity index (χ0) is 10.8. The van der Waals surface area contributed by atoms with Gasteiger partial charge in [0, 0.05) is 23.5 Å². The van der Waals surface area contributed by atoms with Gasteiger partial charge >= 0.3 is 0 Å². The van der Waals surface area contributed by atoms with Gasteiger partial charge in [-0.1, -0.05) is 18.2 Å². The average molecular weight is 205 g/mol. The molecular weight excluding hydrogens is 193 g/mol. The van der Waals surface area contributed by atoms with Gasteiger partial charge in [0.25, 0.3) is 0 Å². The van der Waals surface area contributed by atoms with E-state index in [0.717, 1.165) is 0 Å². The Bertz CT molecular complexity index is 451. The first-order valence-electron chi connectivity index (χ1n) is 4.76. The van der Waals surface area contributed by atoms with Gasteiger partial charge in [0.1, 0.15) is 11.9 Å². The van der Waals surface area contributed by atoms with Crippen molar-refractivity contribution in [3.63, 3.8) is 0 Å². The van der Waals surface area contributed by atoms with Crippen LogP contribution in [-0.4, -0.2) is 10.1 Å². The molecule has 0 bridgehead atoms. The van der Waals surface area contributed by atoms with Crippen molar-refractivity contribution in [1.29, 1.82) is 0 Å². The lowest BCUT2D eigenvalue weighted by Gasteiger charge is -2.11. The monoisotopic (exact) mass is 205 g/mol. The lowest BCUT2D eigenvalue weighted by atomic mass is 10.0. The smallest absolute Gasteiger partial charge is 0.132 e. The van der Waals surface area contributed by atoms with Gasteiger partial charge in [-0.3, -0.25) is 0 Å². The SMILES string of the molecule is Cc1cccc(C(O)c2cc[nH]c2)c1F. The Morgan fingerprint density at radius 1 is 1.33 bits per heavy atom. The largest absolute Gasteiger partial charge is 0.383 e. The highest BCUT2D eigenvalue weighted by Crippen LogP contribution is 2.25. The zero-order valence-electron chi connectivity index (χ0n) is 8.37. The van der Waals surface area contributed by atoms with E-state index in [4.69, 9.17) is 0 Å². The molecule has 2 N–H and O–H groups in total. The summed E-state index contributed by atoms with van der Waals surface area (Å²) in [5.74, 6) is -0.341. The van der Waals surface area contributed by atoms with Gasteiger partial charge in [-0.15, -0.1) is 0 Å². The van der Waals surface area contributed by atoms with E-state index >= 15 is 0 Å². The molecule has 0 saturated heterocycles. The van der Waals surface area contributed by atoms with Gasteiger partial charge in [0.05, 0.1) is 0 Å². The second kappa shape index (κ2) is 3.87. The van der Waals surface area contributed by atoms with Crippen LogP contribution in [0, 0.1) is 12.7 Å². The van der Waals surface area contributed by atoms with E-state index < -0.39 is 6.10 Å². The number of benzene rings is 1. The lowest BCUT2D eigenvalue weighted by Crippen LogP contribution is -2.02. The second-order valence-electron chi connectivity index (χ2n) is 3.52. The summed E-state index contributed by atoms with van der Waals surface area (Å²) in [6, 6.07) is 6.75. The maximum Gasteiger partial charge on any atom is 0.132 e. The van der Waals surface area contributed by atoms with Crippen molar-refractivity contribution in [3.05, 3.63) is 59.2 Å². The summed E-state index contributed by atoms with van der Waals surface area (Å²) in [5, 5.41) is 9.93. The number of aromatic amines is 1. The first-order chi connectivity index (χ1) is 7.20. The van der Waals surface area contributed by atoms with E-state index in [1.165, 1.54) is 0 Å². The van der Waals surface area contributed by atoms with Gasteiger partial charge in [-0.2, -0.15) is 0 Å². The molecule has 0 fully saturated rings. The van der Waals surface area contributed by atoms with Gasteiger partial charge < -0.3 is 10.1 Å². The maximum absolute atomic E-state index is 13.7. The van der Waals surface area contributed by atoms with Crippen LogP contribution >= 0.6 is 0 Å². The number of hydrogen-bond acceptors (Lipinski definition) is 1. The molecule has 2 aromatic rings. The third kappa shape index (κ3) is 1.78. The minimum Gasteiger partial charge on any atom is -0.383 e. The first kappa shape index (κ1) is 9.93. The Morgan fingerprint density at radius 3 is 2.80 bits per heavy atom. The third-order valence-electron chi connectivity index (χ3n) is 2.45. The lowest BCUT2D eigenvalue weighted by molar-refractivity contribution is 0.215. The molecule has 1 aromatic carbocycles. The quantitative estimate of drug-likeness (QED) is 0.776. The standard InChI is InChI=1S/C12H12FNO/c1-8-3-2-4-10(11(8)13)12(15)9-5-6-14-7-9/h2-7,12,14-15H,1H3. The number of halogens is 1. The predicted molar refractivity (Wildman–Crippen MR) is 56.0 cm³/mol. The number of nitrogens with one attached hydrogen (secondary N) is 1. The zero-order valence-corrected chi connectivity index (χ0v) is 8.37. The molecule has 0 saturated carbocycles. The Kier molecular flexibility index (Phi) is 2.56. The van der Waals surface area contributed by atoms with Crippen LogP contribution in [0.1, 0.15) is 22.8 Å². The van der Waals surface area contributed by atoms with E-state index in [1.807, 2.05) is 0 Å². The summed E-state index contributed by atoms with van der Waals surface area (Å²) in [6.45, 7) is 1.68. The molecule has 0 radical (unpaired) electrons. The molecule has 1 heterocycles. The fourth-order valence-electron chi connectivity index (χ4n) is 1.57. The highest BCUT2D eigenvalue weighted by atomic mass is 19.1. The molecule has 1 aromatic heterocycles. The minimum atomic E-state index is -0.906. The Labute approximate surface area is 87.4 Å². The van der Waals surface area contributed by atoms with Crippen molar-refractivity contribution < 1.29 is 9.50 Å². The van der Waals surface area contributed by atoms with Crippen molar-refractivity contribution in [2.45, 2.75) is 13.0 Å². The second-order valence-corrected chi connectivity index (χ2v) is 3.52. The number of aliphatic hydroxyl groups excluding tert-OH is 1. The van der Waals surface area contributed by atoms with Crippen LogP contribution in [0.15, 0.2) is 36.7 Å². The van der Waals surface area contributed by atoms with E-state index in [1.54, 1.807) is 43.6 Å². The number of aliphatic hydroxyl groups is 1. The van der Waals surface area contributed by atoms with Crippen molar-refractivity contribution in [3.8, 4) is 0 Å². The first-order valence-corrected chi connectivity index (χ1v) is 4.76. The molecule has 0 spiro atoms. The minimum absolute atomic E-state index is 0.314. The van der Waals surface area contributed by atoms with Crippen LogP contribution in [-0.2, 0) is 0 Å². The number of rotatable bonds is 2. The maximum atomic E-state index is 13.7. The van der Waals surface area contributed by atoms with Crippen LogP contribution in [0.2, 0.25) is 0 Å². The van der Waals surface area contributed by atoms with Crippen LogP contribution in [0.3, 0.4) is 0 Å². The van der Waals surface area contributed by atoms with Crippen LogP contribution in [0.5, 0.6) is 0 Å². The average Bonchev–Trinajstić information content (AvgIpc) is 2.74. The molecule has 1 atom stereocenters. The molecule has 78 valence electrons. The number of hydrogen-bond donors (Lipinski definition) is 2. The Hall–Kier alpha value is -1.61. The Balaban J connectivity index is 2.42. The van der Waals surface area contributed by atoms with Crippen molar-refractivity contribution in [2.75, 3.05) is 0 Å². The molecular formula is C12H12FNO. The normalized spacial score (nSPS) is 12.7. The molecule has 0 aliphatic heterocycles. The van der Waals surface area contributed by atoms with Gasteiger partial charge in [-0.25, -0.2) is 4.39 Å². The van der Waals surface area contributed by atoms with Crippen LogP contribution < -0.4 is 0 Å². The molecule has 0 amide bonds. The fourth-order valence-corrected chi connectivity index (χ4v) is 1.57. The molecule has 0 aliphatic rings. The number of aromatic nitrogens is 1. The van der Waals surface area contributed by atoms with E-state index in [9.17, 15) is 9.50 Å². The van der Waals surface area contributed by atoms with Crippen molar-refractivity contribution in [1.82, 2.24) is 4.98 Å². The fraction of sp³-hybridized carbons (Fsp3) is 0.167. The van der Waals surface area contributed by atoms with Gasteiger partial charge in [0.2, 0.25) is 0 Å². The Morgan fingerprint density at radius 2 is 2.13 bits per heavy atom. The van der Waals surface area contributed by atoms with Gasteiger partial charge in [0.15, 0.2) is 0 Å². The molecule has 3 heteroatoms. The highest BCUT2D eigenvalue weighted by Gasteiger charge is 2.15. The molecule has 0 aliphatic carbocycles. The van der Waals surface area contributed by atoms with Crippen LogP contribution in [0.4, 0.5) is 4.39 Å².